The third-order valence-corrected chi connectivity index (χ3v) is 2.39. The molecule has 13 heavy (non-hydrogen) atoms. The second kappa shape index (κ2) is 2.61. The van der Waals surface area contributed by atoms with Gasteiger partial charge in [-0.1, -0.05) is 0 Å². The van der Waals surface area contributed by atoms with Gasteiger partial charge in [-0.2, -0.15) is 0 Å². The first kappa shape index (κ1) is 10.8. The molecule has 0 radical (unpaired) electrons. The van der Waals surface area contributed by atoms with Crippen molar-refractivity contribution in [1.29, 1.82) is 0 Å². The molecule has 1 fully saturated rings. The van der Waals surface area contributed by atoms with Crippen molar-refractivity contribution < 1.29 is 30.6 Å². The van der Waals surface area contributed by atoms with E-state index >= 15 is 0 Å². The molecule has 7 nitrogen and oxygen atoms in total. The quantitative estimate of drug-likeness (QED) is 0.196. The van der Waals surface area contributed by atoms with Crippen LogP contribution in [0.5, 0.6) is 0 Å². The molecule has 1 atom stereocenters. The first-order valence-electron chi connectivity index (χ1n) is 3.73. The third kappa shape index (κ3) is 1.25. The lowest BCUT2D eigenvalue weighted by Crippen LogP contribution is -2.76. The van der Waals surface area contributed by atoms with Crippen molar-refractivity contribution in [2.45, 2.75) is 36.2 Å². The summed E-state index contributed by atoms with van der Waals surface area (Å²) in [4.78, 5) is 0. The lowest BCUT2D eigenvalue weighted by Gasteiger charge is -2.49. The van der Waals surface area contributed by atoms with Crippen molar-refractivity contribution in [1.82, 2.24) is 0 Å². The van der Waals surface area contributed by atoms with Crippen molar-refractivity contribution in [2.75, 3.05) is 0 Å². The van der Waals surface area contributed by atoms with Gasteiger partial charge in [0.05, 0.1) is 6.04 Å². The van der Waals surface area contributed by atoms with E-state index in [9.17, 15) is 0 Å². The second-order valence-corrected chi connectivity index (χ2v) is 3.36. The predicted octanol–water partition coefficient (Wildman–Crippen LogP) is -3.85. The highest BCUT2D eigenvalue weighted by Gasteiger charge is 2.66. The average molecular weight is 195 g/mol. The zero-order valence-corrected chi connectivity index (χ0v) is 6.75. The van der Waals surface area contributed by atoms with Gasteiger partial charge >= 0.3 is 0 Å². The van der Waals surface area contributed by atoms with E-state index in [1.807, 2.05) is 0 Å². The van der Waals surface area contributed by atoms with Crippen LogP contribution in [0.15, 0.2) is 0 Å². The Labute approximate surface area is 73.7 Å². The largest absolute Gasteiger partial charge is 0.361 e. The molecule has 1 unspecified atom stereocenters. The molecule has 1 saturated carbocycles. The molecule has 0 amide bonds. The van der Waals surface area contributed by atoms with E-state index in [1.54, 1.807) is 0 Å². The molecule has 0 spiro atoms. The smallest absolute Gasteiger partial charge is 0.275 e. The van der Waals surface area contributed by atoms with Crippen LogP contribution < -0.4 is 5.73 Å². The maximum atomic E-state index is 9.12. The van der Waals surface area contributed by atoms with Crippen LogP contribution in [-0.4, -0.2) is 54.0 Å². The summed E-state index contributed by atoms with van der Waals surface area (Å²) in [6.45, 7) is 0. The monoisotopic (exact) mass is 195 g/mol. The van der Waals surface area contributed by atoms with Crippen LogP contribution in [0.3, 0.4) is 0 Å². The predicted molar refractivity (Wildman–Crippen MR) is 38.7 cm³/mol. The van der Waals surface area contributed by atoms with Crippen molar-refractivity contribution >= 4 is 0 Å². The Kier molecular flexibility index (Phi) is 2.17. The van der Waals surface area contributed by atoms with Crippen molar-refractivity contribution in [3.63, 3.8) is 0 Å². The zero-order chi connectivity index (χ0) is 10.5. The average Bonchev–Trinajstić information content (AvgIpc) is 1.97. The number of aliphatic hydroxyl groups is 6. The van der Waals surface area contributed by atoms with Crippen LogP contribution in [0.25, 0.3) is 0 Å². The highest BCUT2D eigenvalue weighted by molar-refractivity contribution is 5.03. The second-order valence-electron chi connectivity index (χ2n) is 3.36. The summed E-state index contributed by atoms with van der Waals surface area (Å²) in [5.41, 5.74) is 5.17. The minimum absolute atomic E-state index is 0.150. The molecule has 78 valence electrons. The minimum atomic E-state index is -3.46. The lowest BCUT2D eigenvalue weighted by atomic mass is 9.79. The standard InChI is InChI=1S/C6H13NO6/c7-3-1-2-4(8,9)6(12,13)5(3,10)11/h3,8-13H,1-2,7H2. The highest BCUT2D eigenvalue weighted by Crippen LogP contribution is 2.38. The number of hydrogen-bond donors (Lipinski definition) is 7. The van der Waals surface area contributed by atoms with Gasteiger partial charge in [0.25, 0.3) is 5.79 Å². The van der Waals surface area contributed by atoms with Crippen LogP contribution in [0.1, 0.15) is 12.8 Å². The fraction of sp³-hybridized carbons (Fsp3) is 1.00. The van der Waals surface area contributed by atoms with Crippen LogP contribution in [0.4, 0.5) is 0 Å². The van der Waals surface area contributed by atoms with E-state index in [1.165, 1.54) is 0 Å². The fourth-order valence-electron chi connectivity index (χ4n) is 1.29. The van der Waals surface area contributed by atoms with E-state index in [0.29, 0.717) is 0 Å². The number of rotatable bonds is 0. The summed E-state index contributed by atoms with van der Waals surface area (Å²) in [6.07, 6.45) is -0.604. The van der Waals surface area contributed by atoms with E-state index in [0.717, 1.165) is 0 Å². The summed E-state index contributed by atoms with van der Waals surface area (Å²) in [5.74, 6) is -9.58. The van der Waals surface area contributed by atoms with Gasteiger partial charge < -0.3 is 36.4 Å². The summed E-state index contributed by atoms with van der Waals surface area (Å²) in [6, 6.07) is -1.35. The van der Waals surface area contributed by atoms with Crippen molar-refractivity contribution in [3.8, 4) is 0 Å². The normalized spacial score (nSPS) is 35.8. The maximum absolute atomic E-state index is 9.12. The van der Waals surface area contributed by atoms with E-state index in [2.05, 4.69) is 0 Å². The molecular formula is C6H13NO6. The van der Waals surface area contributed by atoms with Crippen molar-refractivity contribution in [3.05, 3.63) is 0 Å². The molecule has 0 aromatic rings. The van der Waals surface area contributed by atoms with Crippen LogP contribution >= 0.6 is 0 Å². The Bertz CT molecular complexity index is 213. The first-order valence-corrected chi connectivity index (χ1v) is 3.73. The Morgan fingerprint density at radius 3 is 1.85 bits per heavy atom. The molecule has 0 aromatic carbocycles. The maximum Gasteiger partial charge on any atom is 0.275 e. The summed E-state index contributed by atoms with van der Waals surface area (Å²) in [7, 11) is 0. The Hall–Kier alpha value is -0.280. The number of hydrogen-bond acceptors (Lipinski definition) is 7. The molecule has 0 bridgehead atoms. The summed E-state index contributed by atoms with van der Waals surface area (Å²) < 4.78 is 0. The third-order valence-electron chi connectivity index (χ3n) is 2.39. The van der Waals surface area contributed by atoms with Crippen molar-refractivity contribution in [2.24, 2.45) is 5.73 Å². The molecule has 1 rings (SSSR count). The molecule has 1 aliphatic rings. The van der Waals surface area contributed by atoms with Gasteiger partial charge in [-0.15, -0.1) is 0 Å². The lowest BCUT2D eigenvalue weighted by molar-refractivity contribution is -0.469. The van der Waals surface area contributed by atoms with Gasteiger partial charge in [-0.3, -0.25) is 0 Å². The van der Waals surface area contributed by atoms with Gasteiger partial charge in [-0.05, 0) is 6.42 Å². The van der Waals surface area contributed by atoms with Crippen LogP contribution in [0.2, 0.25) is 0 Å². The Morgan fingerprint density at radius 1 is 1.00 bits per heavy atom. The van der Waals surface area contributed by atoms with Gasteiger partial charge in [-0.25, -0.2) is 0 Å². The molecule has 7 heteroatoms. The van der Waals surface area contributed by atoms with Gasteiger partial charge in [0, 0.05) is 6.42 Å². The van der Waals surface area contributed by atoms with Gasteiger partial charge in [0.2, 0.25) is 11.6 Å². The van der Waals surface area contributed by atoms with Gasteiger partial charge in [0.1, 0.15) is 0 Å². The molecule has 0 aromatic heterocycles. The van der Waals surface area contributed by atoms with Gasteiger partial charge in [0.15, 0.2) is 0 Å². The van der Waals surface area contributed by atoms with Crippen LogP contribution in [0, 0.1) is 0 Å². The van der Waals surface area contributed by atoms with Crippen LogP contribution in [-0.2, 0) is 0 Å². The number of nitrogens with two attached hydrogens (primary N) is 1. The molecule has 1 aliphatic carbocycles. The summed E-state index contributed by atoms with van der Waals surface area (Å²) in [5, 5.41) is 54.5. The summed E-state index contributed by atoms with van der Waals surface area (Å²) >= 11 is 0. The first-order chi connectivity index (χ1) is 5.63. The highest BCUT2D eigenvalue weighted by atomic mass is 16.7. The SMILES string of the molecule is NC1CCC(O)(O)C(O)(O)C1(O)O. The molecule has 0 heterocycles. The molecular weight excluding hydrogens is 182 g/mol. The van der Waals surface area contributed by atoms with E-state index < -0.39 is 29.8 Å². The van der Waals surface area contributed by atoms with E-state index in [-0.39, 0.29) is 6.42 Å². The van der Waals surface area contributed by atoms with E-state index in [4.69, 9.17) is 36.4 Å². The minimum Gasteiger partial charge on any atom is -0.361 e. The molecule has 0 saturated heterocycles. The molecule has 0 aliphatic heterocycles. The zero-order valence-electron chi connectivity index (χ0n) is 6.75. The topological polar surface area (TPSA) is 147 Å². The fourth-order valence-corrected chi connectivity index (χ4v) is 1.29. The Morgan fingerprint density at radius 2 is 1.46 bits per heavy atom. The Balaban J connectivity index is 3.07. The molecule has 8 N–H and O–H groups in total.